The van der Waals surface area contributed by atoms with Crippen LogP contribution >= 0.6 is 0 Å². The Kier molecular flexibility index (Phi) is 12.1. The van der Waals surface area contributed by atoms with E-state index in [-0.39, 0.29) is 56.9 Å². The van der Waals surface area contributed by atoms with Crippen LogP contribution in [0.1, 0.15) is 44.1 Å². The molecule has 0 saturated carbocycles. The number of carboxylic acids is 2. The summed E-state index contributed by atoms with van der Waals surface area (Å²) in [4.78, 5) is 67.1. The Morgan fingerprint density at radius 3 is 2.30 bits per heavy atom. The summed E-state index contributed by atoms with van der Waals surface area (Å²) in [6.45, 7) is 0.384. The topological polar surface area (TPSA) is 264 Å². The highest BCUT2D eigenvalue weighted by Gasteiger charge is 2.39. The van der Waals surface area contributed by atoms with E-state index in [1.54, 1.807) is 12.1 Å². The first-order chi connectivity index (χ1) is 18.9. The summed E-state index contributed by atoms with van der Waals surface area (Å²) in [5, 5.41) is 33.1. The van der Waals surface area contributed by atoms with Crippen molar-refractivity contribution < 1.29 is 39.3 Å². The van der Waals surface area contributed by atoms with Gasteiger partial charge in [0.1, 0.15) is 23.9 Å². The summed E-state index contributed by atoms with van der Waals surface area (Å²) < 4.78 is 0. The molecule has 0 bridgehead atoms. The van der Waals surface area contributed by atoms with Crippen LogP contribution in [0.15, 0.2) is 29.3 Å². The number of nitrogens with one attached hydrogen (secondary N) is 2. The maximum absolute atomic E-state index is 13.6. The van der Waals surface area contributed by atoms with Crippen LogP contribution in [-0.4, -0.2) is 93.1 Å². The molecule has 0 aromatic heterocycles. The highest BCUT2D eigenvalue weighted by atomic mass is 16.4. The van der Waals surface area contributed by atoms with Crippen LogP contribution in [-0.2, 0) is 30.4 Å². The number of nitrogens with zero attached hydrogens (tertiary/aromatic N) is 2. The maximum Gasteiger partial charge on any atom is 0.326 e. The summed E-state index contributed by atoms with van der Waals surface area (Å²) in [5.41, 5.74) is 17.0. The number of aliphatic imine (C=N–C) groups is 1. The van der Waals surface area contributed by atoms with Crippen LogP contribution in [0.3, 0.4) is 0 Å². The van der Waals surface area contributed by atoms with Crippen molar-refractivity contribution >= 4 is 35.6 Å². The van der Waals surface area contributed by atoms with Gasteiger partial charge in [0.15, 0.2) is 5.96 Å². The van der Waals surface area contributed by atoms with Gasteiger partial charge in [0.2, 0.25) is 17.7 Å². The largest absolute Gasteiger partial charge is 0.508 e. The molecule has 4 atom stereocenters. The van der Waals surface area contributed by atoms with Gasteiger partial charge in [-0.2, -0.15) is 0 Å². The first-order valence-corrected chi connectivity index (χ1v) is 12.8. The molecule has 40 heavy (non-hydrogen) atoms. The van der Waals surface area contributed by atoms with Crippen LogP contribution in [0.5, 0.6) is 5.75 Å². The maximum atomic E-state index is 13.6. The molecule has 1 aliphatic heterocycles. The molecule has 15 heteroatoms. The molecular weight excluding hydrogens is 526 g/mol. The molecule has 1 saturated heterocycles. The van der Waals surface area contributed by atoms with Crippen molar-refractivity contribution in [2.75, 3.05) is 13.1 Å². The predicted octanol–water partition coefficient (Wildman–Crippen LogP) is -1.77. The van der Waals surface area contributed by atoms with Crippen LogP contribution < -0.4 is 27.8 Å². The van der Waals surface area contributed by atoms with Crippen molar-refractivity contribution in [3.8, 4) is 5.75 Å². The van der Waals surface area contributed by atoms with E-state index in [2.05, 4.69) is 15.6 Å². The zero-order valence-corrected chi connectivity index (χ0v) is 22.0. The van der Waals surface area contributed by atoms with Crippen molar-refractivity contribution in [2.24, 2.45) is 22.2 Å². The SMILES string of the molecule is NC(N)=NCCCC(NC(=O)C1CCCN1C(=O)C(Cc1ccc(O)cc1)NC(=O)C(N)CCC(=O)O)C(=O)O. The molecular formula is C25H37N7O8. The number of guanidine groups is 1. The quantitative estimate of drug-likeness (QED) is 0.0672. The van der Waals surface area contributed by atoms with Crippen molar-refractivity contribution in [3.63, 3.8) is 0 Å². The van der Waals surface area contributed by atoms with E-state index in [9.17, 15) is 34.2 Å². The average molecular weight is 564 g/mol. The third-order valence-corrected chi connectivity index (χ3v) is 6.40. The Morgan fingerprint density at radius 2 is 1.70 bits per heavy atom. The predicted molar refractivity (Wildman–Crippen MR) is 143 cm³/mol. The fraction of sp³-hybridized carbons (Fsp3) is 0.520. The molecule has 0 aliphatic carbocycles. The van der Waals surface area contributed by atoms with E-state index in [0.29, 0.717) is 18.4 Å². The summed E-state index contributed by atoms with van der Waals surface area (Å²) in [5.74, 6) is -4.45. The first-order valence-electron chi connectivity index (χ1n) is 12.8. The second kappa shape index (κ2) is 15.3. The number of amides is 3. The Balaban J connectivity index is 2.17. The second-order valence-corrected chi connectivity index (χ2v) is 9.51. The zero-order chi connectivity index (χ0) is 29.8. The van der Waals surface area contributed by atoms with E-state index >= 15 is 0 Å². The first kappa shape index (κ1) is 31.8. The van der Waals surface area contributed by atoms with Crippen molar-refractivity contribution in [3.05, 3.63) is 29.8 Å². The minimum atomic E-state index is -1.25. The van der Waals surface area contributed by atoms with Crippen LogP contribution in [0.4, 0.5) is 0 Å². The average Bonchev–Trinajstić information content (AvgIpc) is 3.39. The zero-order valence-electron chi connectivity index (χ0n) is 22.0. The molecule has 11 N–H and O–H groups in total. The number of phenolic OH excluding ortho intramolecular Hbond substituents is 1. The molecule has 15 nitrogen and oxygen atoms in total. The molecule has 2 rings (SSSR count). The lowest BCUT2D eigenvalue weighted by molar-refractivity contribution is -0.145. The molecule has 3 amide bonds. The fourth-order valence-electron chi connectivity index (χ4n) is 4.29. The Bertz CT molecular complexity index is 1090. The number of carbonyl (C=O) groups is 5. The summed E-state index contributed by atoms with van der Waals surface area (Å²) in [7, 11) is 0. The van der Waals surface area contributed by atoms with Gasteiger partial charge < -0.3 is 48.1 Å². The van der Waals surface area contributed by atoms with Crippen molar-refractivity contribution in [1.29, 1.82) is 0 Å². The molecule has 0 spiro atoms. The van der Waals surface area contributed by atoms with Gasteiger partial charge in [0.05, 0.1) is 6.04 Å². The number of hydrogen-bond donors (Lipinski definition) is 8. The number of carbonyl (C=O) groups excluding carboxylic acids is 3. The molecule has 1 aromatic carbocycles. The lowest BCUT2D eigenvalue weighted by Crippen LogP contribution is -2.57. The van der Waals surface area contributed by atoms with Gasteiger partial charge in [-0.05, 0) is 49.8 Å². The monoisotopic (exact) mass is 563 g/mol. The highest BCUT2D eigenvalue weighted by Crippen LogP contribution is 2.21. The Hall–Kier alpha value is -4.40. The van der Waals surface area contributed by atoms with E-state index in [1.807, 2.05) is 0 Å². The minimum absolute atomic E-state index is 0.00385. The normalized spacial score (nSPS) is 16.8. The van der Waals surface area contributed by atoms with E-state index in [1.165, 1.54) is 17.0 Å². The fourth-order valence-corrected chi connectivity index (χ4v) is 4.29. The number of phenols is 1. The van der Waals surface area contributed by atoms with E-state index < -0.39 is 53.8 Å². The molecule has 4 unspecified atom stereocenters. The third-order valence-electron chi connectivity index (χ3n) is 6.40. The number of hydrogen-bond acceptors (Lipinski definition) is 8. The molecule has 1 heterocycles. The van der Waals surface area contributed by atoms with Crippen molar-refractivity contribution in [2.45, 2.75) is 69.1 Å². The van der Waals surface area contributed by atoms with E-state index in [4.69, 9.17) is 22.3 Å². The molecule has 0 radical (unpaired) electrons. The molecule has 1 fully saturated rings. The standard InChI is InChI=1S/C25H37N7O8/c26-16(9-10-20(34)35)21(36)31-18(13-14-5-7-15(33)8-6-14)23(38)32-12-2-4-19(32)22(37)30-17(24(39)40)3-1-11-29-25(27)28/h5-8,16-19,33H,1-4,9-13,26H2,(H,30,37)(H,31,36)(H,34,35)(H,39,40)(H4,27,28,29). The third kappa shape index (κ3) is 10.1. The number of nitrogens with two attached hydrogens (primary N) is 3. The van der Waals surface area contributed by atoms with Gasteiger partial charge >= 0.3 is 11.9 Å². The van der Waals surface area contributed by atoms with Gasteiger partial charge in [0.25, 0.3) is 0 Å². The van der Waals surface area contributed by atoms with Gasteiger partial charge in [0, 0.05) is 25.9 Å². The van der Waals surface area contributed by atoms with Crippen LogP contribution in [0, 0.1) is 0 Å². The van der Waals surface area contributed by atoms with E-state index in [0.717, 1.165) is 0 Å². The minimum Gasteiger partial charge on any atom is -0.508 e. The lowest BCUT2D eigenvalue weighted by Gasteiger charge is -2.30. The summed E-state index contributed by atoms with van der Waals surface area (Å²) in [6, 6.07) is 1.45. The Morgan fingerprint density at radius 1 is 1.02 bits per heavy atom. The summed E-state index contributed by atoms with van der Waals surface area (Å²) >= 11 is 0. The van der Waals surface area contributed by atoms with Gasteiger partial charge in [-0.3, -0.25) is 24.2 Å². The molecule has 1 aromatic rings. The van der Waals surface area contributed by atoms with Crippen LogP contribution in [0.25, 0.3) is 0 Å². The number of benzene rings is 1. The highest BCUT2D eigenvalue weighted by molar-refractivity contribution is 5.94. The second-order valence-electron chi connectivity index (χ2n) is 9.51. The van der Waals surface area contributed by atoms with Crippen LogP contribution in [0.2, 0.25) is 0 Å². The molecule has 1 aliphatic rings. The number of likely N-dealkylation sites (tertiary alicyclic amines) is 1. The van der Waals surface area contributed by atoms with Gasteiger partial charge in [-0.1, -0.05) is 12.1 Å². The Labute approximate surface area is 230 Å². The molecule has 220 valence electrons. The number of aliphatic carboxylic acids is 2. The number of aromatic hydroxyl groups is 1. The summed E-state index contributed by atoms with van der Waals surface area (Å²) in [6.07, 6.45) is 0.646. The number of carboxylic acid groups (broad SMARTS) is 2. The lowest BCUT2D eigenvalue weighted by atomic mass is 10.0. The smallest absolute Gasteiger partial charge is 0.326 e. The van der Waals surface area contributed by atoms with Gasteiger partial charge in [-0.25, -0.2) is 4.79 Å². The van der Waals surface area contributed by atoms with Crippen molar-refractivity contribution in [1.82, 2.24) is 15.5 Å². The van der Waals surface area contributed by atoms with Gasteiger partial charge in [-0.15, -0.1) is 0 Å². The number of rotatable bonds is 15.